The first-order valence-electron chi connectivity index (χ1n) is 9.90. The van der Waals surface area contributed by atoms with E-state index < -0.39 is 0 Å². The first kappa shape index (κ1) is 22.2. The summed E-state index contributed by atoms with van der Waals surface area (Å²) in [6.45, 7) is 3.93. The van der Waals surface area contributed by atoms with E-state index >= 15 is 0 Å². The molecule has 8 heteroatoms. The maximum Gasteiger partial charge on any atom is 0.289 e. The lowest BCUT2D eigenvalue weighted by Gasteiger charge is -2.34. The number of hydrogen-bond donors (Lipinski definition) is 0. The first-order valence-corrected chi connectivity index (χ1v) is 11.5. The van der Waals surface area contributed by atoms with Crippen molar-refractivity contribution in [2.75, 3.05) is 26.2 Å². The third kappa shape index (κ3) is 5.83. The molecule has 1 aliphatic rings. The fourth-order valence-electron chi connectivity index (χ4n) is 3.47. The maximum atomic E-state index is 12.8. The van der Waals surface area contributed by atoms with E-state index in [4.69, 9.17) is 32.4 Å². The number of amides is 1. The van der Waals surface area contributed by atoms with Gasteiger partial charge in [-0.25, -0.2) is 0 Å². The van der Waals surface area contributed by atoms with Crippen LogP contribution in [-0.4, -0.2) is 41.9 Å². The summed E-state index contributed by atoms with van der Waals surface area (Å²) >= 11 is 15.6. The molecule has 2 aromatic carbocycles. The smallest absolute Gasteiger partial charge is 0.289 e. The van der Waals surface area contributed by atoms with Gasteiger partial charge in [-0.05, 0) is 48.0 Å². The van der Waals surface area contributed by atoms with Gasteiger partial charge in [-0.3, -0.25) is 9.69 Å². The van der Waals surface area contributed by atoms with Gasteiger partial charge in [0, 0.05) is 42.2 Å². The number of hydrogen-bond acceptors (Lipinski definition) is 4. The van der Waals surface area contributed by atoms with Crippen molar-refractivity contribution in [1.82, 2.24) is 9.80 Å². The highest BCUT2D eigenvalue weighted by molar-refractivity contribution is 9.10. The number of nitrogens with zero attached hydrogens (tertiary/aromatic N) is 2. The van der Waals surface area contributed by atoms with Gasteiger partial charge in [-0.15, -0.1) is 0 Å². The topological polar surface area (TPSA) is 45.9 Å². The van der Waals surface area contributed by atoms with E-state index in [-0.39, 0.29) is 12.5 Å². The molecular formula is C23H21BrCl2N2O3. The molecule has 1 aliphatic heterocycles. The Morgan fingerprint density at radius 1 is 1.03 bits per heavy atom. The van der Waals surface area contributed by atoms with E-state index in [1.807, 2.05) is 29.2 Å². The zero-order valence-corrected chi connectivity index (χ0v) is 19.8. The molecule has 31 heavy (non-hydrogen) atoms. The molecule has 0 saturated carbocycles. The quantitative estimate of drug-likeness (QED) is 0.404. The van der Waals surface area contributed by atoms with Crippen LogP contribution in [0.1, 0.15) is 21.9 Å². The van der Waals surface area contributed by atoms with Crippen molar-refractivity contribution >= 4 is 45.0 Å². The number of ether oxygens (including phenoxy) is 1. The van der Waals surface area contributed by atoms with Crippen molar-refractivity contribution in [1.29, 1.82) is 0 Å². The van der Waals surface area contributed by atoms with Crippen molar-refractivity contribution in [3.05, 3.63) is 86.2 Å². The molecule has 3 aromatic rings. The van der Waals surface area contributed by atoms with Crippen LogP contribution in [-0.2, 0) is 13.2 Å². The monoisotopic (exact) mass is 522 g/mol. The number of benzene rings is 2. The zero-order chi connectivity index (χ0) is 21.8. The molecule has 1 amide bonds. The largest absolute Gasteiger partial charge is 0.484 e. The predicted molar refractivity (Wildman–Crippen MR) is 125 cm³/mol. The second kappa shape index (κ2) is 10.1. The Morgan fingerprint density at radius 3 is 2.58 bits per heavy atom. The Kier molecular flexibility index (Phi) is 7.23. The Morgan fingerprint density at radius 2 is 1.84 bits per heavy atom. The molecule has 4 rings (SSSR count). The highest BCUT2D eigenvalue weighted by Crippen LogP contribution is 2.28. The molecule has 1 saturated heterocycles. The number of furan rings is 1. The fourth-order valence-corrected chi connectivity index (χ4v) is 4.41. The average Bonchev–Trinajstić information content (AvgIpc) is 3.22. The van der Waals surface area contributed by atoms with Crippen LogP contribution in [0.4, 0.5) is 0 Å². The second-order valence-corrected chi connectivity index (χ2v) is 9.09. The van der Waals surface area contributed by atoms with Crippen molar-refractivity contribution < 1.29 is 13.9 Å². The van der Waals surface area contributed by atoms with E-state index in [2.05, 4.69) is 26.9 Å². The number of carbonyl (C=O) groups is 1. The van der Waals surface area contributed by atoms with Gasteiger partial charge in [-0.1, -0.05) is 51.3 Å². The van der Waals surface area contributed by atoms with Gasteiger partial charge in [0.1, 0.15) is 18.1 Å². The van der Waals surface area contributed by atoms with Crippen LogP contribution in [0.2, 0.25) is 10.0 Å². The summed E-state index contributed by atoms with van der Waals surface area (Å²) in [5.41, 5.74) is 1.17. The molecule has 0 spiro atoms. The van der Waals surface area contributed by atoms with Crippen LogP contribution >= 0.6 is 39.1 Å². The second-order valence-electron chi connectivity index (χ2n) is 7.33. The molecule has 0 unspecified atom stereocenters. The van der Waals surface area contributed by atoms with Crippen LogP contribution in [0.15, 0.2) is 63.5 Å². The molecule has 0 aliphatic carbocycles. The summed E-state index contributed by atoms with van der Waals surface area (Å²) in [6.07, 6.45) is 0. The summed E-state index contributed by atoms with van der Waals surface area (Å²) in [6, 6.07) is 16.7. The van der Waals surface area contributed by atoms with Gasteiger partial charge >= 0.3 is 0 Å². The fraction of sp³-hybridized carbons (Fsp3) is 0.261. The van der Waals surface area contributed by atoms with Gasteiger partial charge in [0.15, 0.2) is 5.76 Å². The van der Waals surface area contributed by atoms with E-state index in [0.717, 1.165) is 29.1 Å². The van der Waals surface area contributed by atoms with Gasteiger partial charge in [0.05, 0.1) is 5.02 Å². The number of piperazine rings is 1. The van der Waals surface area contributed by atoms with E-state index in [9.17, 15) is 4.79 Å². The minimum Gasteiger partial charge on any atom is -0.484 e. The van der Waals surface area contributed by atoms with E-state index in [1.165, 1.54) is 5.56 Å². The van der Waals surface area contributed by atoms with Gasteiger partial charge in [0.25, 0.3) is 5.91 Å². The van der Waals surface area contributed by atoms with Crippen LogP contribution in [0.3, 0.4) is 0 Å². The standard InChI is InChI=1S/C23H21BrCl2N2O3/c24-17-4-6-21(20(26)13-17)30-15-19-5-7-22(31-19)23(29)28-10-8-27(9-11-28)14-16-2-1-3-18(25)12-16/h1-7,12-13H,8-11,14-15H2. The van der Waals surface area contributed by atoms with Crippen molar-refractivity contribution in [2.24, 2.45) is 0 Å². The average molecular weight is 524 g/mol. The molecule has 2 heterocycles. The highest BCUT2D eigenvalue weighted by Gasteiger charge is 2.24. The Balaban J connectivity index is 1.29. The molecule has 0 atom stereocenters. The number of carbonyl (C=O) groups excluding carboxylic acids is 1. The summed E-state index contributed by atoms with van der Waals surface area (Å²) in [5.74, 6) is 1.35. The van der Waals surface area contributed by atoms with Crippen molar-refractivity contribution in [2.45, 2.75) is 13.2 Å². The molecule has 5 nitrogen and oxygen atoms in total. The lowest BCUT2D eigenvalue weighted by Crippen LogP contribution is -2.48. The molecular weight excluding hydrogens is 503 g/mol. The maximum absolute atomic E-state index is 12.8. The van der Waals surface area contributed by atoms with Gasteiger partial charge in [-0.2, -0.15) is 0 Å². The lowest BCUT2D eigenvalue weighted by molar-refractivity contribution is 0.0594. The van der Waals surface area contributed by atoms with Gasteiger partial charge in [0.2, 0.25) is 0 Å². The predicted octanol–water partition coefficient (Wildman–Crippen LogP) is 5.89. The molecule has 0 bridgehead atoms. The summed E-state index contributed by atoms with van der Waals surface area (Å²) in [5, 5.41) is 1.25. The Bertz CT molecular complexity index is 1060. The molecule has 1 aromatic heterocycles. The third-order valence-electron chi connectivity index (χ3n) is 5.09. The number of rotatable bonds is 6. The minimum absolute atomic E-state index is 0.102. The van der Waals surface area contributed by atoms with Crippen LogP contribution in [0.5, 0.6) is 5.75 Å². The first-order chi connectivity index (χ1) is 15.0. The van der Waals surface area contributed by atoms with Gasteiger partial charge < -0.3 is 14.1 Å². The van der Waals surface area contributed by atoms with E-state index in [0.29, 0.717) is 35.4 Å². The van der Waals surface area contributed by atoms with Crippen LogP contribution in [0.25, 0.3) is 0 Å². The Labute approximate surface area is 199 Å². The molecule has 162 valence electrons. The van der Waals surface area contributed by atoms with Crippen LogP contribution < -0.4 is 4.74 Å². The summed E-state index contributed by atoms with van der Waals surface area (Å²) in [7, 11) is 0. The molecule has 1 fully saturated rings. The molecule has 0 radical (unpaired) electrons. The van der Waals surface area contributed by atoms with Crippen LogP contribution in [0, 0.1) is 0 Å². The SMILES string of the molecule is O=C(c1ccc(COc2ccc(Br)cc2Cl)o1)N1CCN(Cc2cccc(Cl)c2)CC1. The van der Waals surface area contributed by atoms with Crippen molar-refractivity contribution in [3.63, 3.8) is 0 Å². The highest BCUT2D eigenvalue weighted by atomic mass is 79.9. The minimum atomic E-state index is -0.102. The Hall–Kier alpha value is -1.99. The summed E-state index contributed by atoms with van der Waals surface area (Å²) in [4.78, 5) is 17.0. The summed E-state index contributed by atoms with van der Waals surface area (Å²) < 4.78 is 12.3. The lowest BCUT2D eigenvalue weighted by atomic mass is 10.2. The normalized spacial score (nSPS) is 14.6. The number of halogens is 3. The van der Waals surface area contributed by atoms with E-state index in [1.54, 1.807) is 24.3 Å². The van der Waals surface area contributed by atoms with Crippen molar-refractivity contribution in [3.8, 4) is 5.75 Å². The zero-order valence-electron chi connectivity index (χ0n) is 16.7. The molecule has 0 N–H and O–H groups in total. The third-order valence-corrected chi connectivity index (χ3v) is 6.11.